The Balaban J connectivity index is 1.86. The van der Waals surface area contributed by atoms with Crippen LogP contribution in [0, 0.1) is 0 Å². The van der Waals surface area contributed by atoms with Gasteiger partial charge in [0.05, 0.1) is 16.3 Å². The van der Waals surface area contributed by atoms with Gasteiger partial charge in [0.25, 0.3) is 0 Å². The van der Waals surface area contributed by atoms with Crippen LogP contribution < -0.4 is 16.0 Å². The van der Waals surface area contributed by atoms with Gasteiger partial charge < -0.3 is 20.9 Å². The summed E-state index contributed by atoms with van der Waals surface area (Å²) in [6.45, 7) is 1.95. The molecule has 0 amide bonds. The van der Waals surface area contributed by atoms with Crippen molar-refractivity contribution in [2.75, 3.05) is 43.1 Å². The highest BCUT2D eigenvalue weighted by Crippen LogP contribution is 2.36. The van der Waals surface area contributed by atoms with Gasteiger partial charge in [-0.3, -0.25) is 0 Å². The second-order valence-electron chi connectivity index (χ2n) is 6.92. The predicted molar refractivity (Wildman–Crippen MR) is 105 cm³/mol. The van der Waals surface area contributed by atoms with Crippen molar-refractivity contribution in [3.8, 4) is 0 Å². The molecule has 2 heterocycles. The molecule has 2 aromatic rings. The van der Waals surface area contributed by atoms with Crippen molar-refractivity contribution in [1.29, 1.82) is 0 Å². The first kappa shape index (κ1) is 20.5. The number of anilines is 4. The van der Waals surface area contributed by atoms with Gasteiger partial charge in [-0.2, -0.15) is 13.2 Å². The van der Waals surface area contributed by atoms with Crippen LogP contribution in [0.5, 0.6) is 0 Å². The van der Waals surface area contributed by atoms with Gasteiger partial charge in [-0.15, -0.1) is 0 Å². The van der Waals surface area contributed by atoms with Crippen molar-refractivity contribution in [3.63, 3.8) is 0 Å². The minimum atomic E-state index is -4.47. The smallest absolute Gasteiger partial charge is 0.393 e. The zero-order valence-corrected chi connectivity index (χ0v) is 16.3. The van der Waals surface area contributed by atoms with Crippen LogP contribution in [0.15, 0.2) is 24.5 Å². The molecule has 0 atom stereocenters. The molecule has 1 aliphatic heterocycles. The summed E-state index contributed by atoms with van der Waals surface area (Å²) in [5, 5.41) is 2.95. The SMILES string of the molecule is CN1CCC(N(C)c2ncnc(Nc3cc(C(F)(F)F)ccc3Cl)c2N)CC1. The van der Waals surface area contributed by atoms with Gasteiger partial charge in [0, 0.05) is 13.1 Å². The van der Waals surface area contributed by atoms with Gasteiger partial charge in [-0.25, -0.2) is 9.97 Å². The Morgan fingerprint density at radius 2 is 1.93 bits per heavy atom. The molecule has 0 unspecified atom stereocenters. The number of piperidine rings is 1. The van der Waals surface area contributed by atoms with E-state index in [1.165, 1.54) is 12.4 Å². The number of nitrogen functional groups attached to an aromatic ring is 1. The highest BCUT2D eigenvalue weighted by Gasteiger charge is 2.31. The molecule has 1 aromatic carbocycles. The summed E-state index contributed by atoms with van der Waals surface area (Å²) in [4.78, 5) is 12.6. The molecule has 0 saturated carbocycles. The molecule has 0 bridgehead atoms. The van der Waals surface area contributed by atoms with Crippen molar-refractivity contribution in [2.45, 2.75) is 25.1 Å². The van der Waals surface area contributed by atoms with Crippen LogP contribution in [0.4, 0.5) is 36.2 Å². The maximum Gasteiger partial charge on any atom is 0.416 e. The Morgan fingerprint density at radius 1 is 1.25 bits per heavy atom. The molecule has 1 aliphatic rings. The van der Waals surface area contributed by atoms with E-state index >= 15 is 0 Å². The first-order chi connectivity index (χ1) is 13.2. The molecule has 0 spiro atoms. The summed E-state index contributed by atoms with van der Waals surface area (Å²) in [5.41, 5.74) is 5.77. The van der Waals surface area contributed by atoms with Crippen molar-refractivity contribution < 1.29 is 13.2 Å². The number of nitrogens with two attached hydrogens (primary N) is 1. The number of rotatable bonds is 4. The molecule has 10 heteroatoms. The summed E-state index contributed by atoms with van der Waals surface area (Å²) in [6, 6.07) is 3.33. The molecule has 28 heavy (non-hydrogen) atoms. The highest BCUT2D eigenvalue weighted by molar-refractivity contribution is 6.33. The van der Waals surface area contributed by atoms with Crippen LogP contribution >= 0.6 is 11.6 Å². The summed E-state index contributed by atoms with van der Waals surface area (Å²) in [5.74, 6) is 0.751. The van der Waals surface area contributed by atoms with Crippen molar-refractivity contribution in [1.82, 2.24) is 14.9 Å². The van der Waals surface area contributed by atoms with Gasteiger partial charge in [0.1, 0.15) is 12.0 Å². The molecule has 152 valence electrons. The van der Waals surface area contributed by atoms with Crippen LogP contribution in [0.25, 0.3) is 0 Å². The topological polar surface area (TPSA) is 70.3 Å². The Labute approximate surface area is 166 Å². The van der Waals surface area contributed by atoms with E-state index < -0.39 is 11.7 Å². The van der Waals surface area contributed by atoms with E-state index in [2.05, 4.69) is 27.2 Å². The molecule has 6 nitrogen and oxygen atoms in total. The van der Waals surface area contributed by atoms with E-state index in [1.807, 2.05) is 11.9 Å². The zero-order chi connectivity index (χ0) is 20.5. The lowest BCUT2D eigenvalue weighted by Gasteiger charge is -2.36. The van der Waals surface area contributed by atoms with Crippen LogP contribution in [-0.2, 0) is 6.18 Å². The molecule has 0 radical (unpaired) electrons. The number of nitrogens with one attached hydrogen (secondary N) is 1. The van der Waals surface area contributed by atoms with Gasteiger partial charge in [0.2, 0.25) is 0 Å². The van der Waals surface area contributed by atoms with E-state index in [1.54, 1.807) is 0 Å². The number of hydrogen-bond acceptors (Lipinski definition) is 6. The number of hydrogen-bond donors (Lipinski definition) is 2. The van der Waals surface area contributed by atoms with E-state index in [0.29, 0.717) is 5.82 Å². The Bertz CT molecular complexity index is 837. The average Bonchev–Trinajstić information content (AvgIpc) is 2.64. The minimum Gasteiger partial charge on any atom is -0.393 e. The molecular formula is C18H22ClF3N6. The first-order valence-corrected chi connectivity index (χ1v) is 9.20. The minimum absolute atomic E-state index is 0.0785. The zero-order valence-electron chi connectivity index (χ0n) is 15.6. The Hall–Kier alpha value is -2.26. The third-order valence-electron chi connectivity index (χ3n) is 4.98. The van der Waals surface area contributed by atoms with E-state index in [0.717, 1.165) is 38.1 Å². The largest absolute Gasteiger partial charge is 0.416 e. The number of benzene rings is 1. The number of aromatic nitrogens is 2. The summed E-state index contributed by atoms with van der Waals surface area (Å²) in [6.07, 6.45) is -1.20. The van der Waals surface area contributed by atoms with E-state index in [-0.39, 0.29) is 28.3 Å². The van der Waals surface area contributed by atoms with Gasteiger partial charge in [0.15, 0.2) is 11.6 Å². The third kappa shape index (κ3) is 4.41. The average molecular weight is 415 g/mol. The van der Waals surface area contributed by atoms with E-state index in [4.69, 9.17) is 17.3 Å². The molecule has 3 N–H and O–H groups in total. The maximum atomic E-state index is 13.0. The summed E-state index contributed by atoms with van der Waals surface area (Å²) >= 11 is 6.06. The van der Waals surface area contributed by atoms with E-state index in [9.17, 15) is 13.2 Å². The van der Waals surface area contributed by atoms with Crippen LogP contribution in [0.3, 0.4) is 0 Å². The molecule has 1 aromatic heterocycles. The second kappa shape index (κ2) is 8.00. The molecular weight excluding hydrogens is 393 g/mol. The van der Waals surface area contributed by atoms with Crippen LogP contribution in [0.2, 0.25) is 5.02 Å². The number of likely N-dealkylation sites (tertiary alicyclic amines) is 1. The molecule has 0 aliphatic carbocycles. The number of nitrogens with zero attached hydrogens (tertiary/aromatic N) is 4. The van der Waals surface area contributed by atoms with Crippen LogP contribution in [0.1, 0.15) is 18.4 Å². The standard InChI is InChI=1S/C18H22ClF3N6/c1-27-7-5-12(6-8-27)28(2)17-15(23)16(24-10-25-17)26-14-9-11(18(20,21)22)3-4-13(14)19/h3-4,9-10,12H,5-8,23H2,1-2H3,(H,24,25,26). The summed E-state index contributed by atoms with van der Waals surface area (Å²) in [7, 11) is 3.99. The third-order valence-corrected chi connectivity index (χ3v) is 5.31. The first-order valence-electron chi connectivity index (χ1n) is 8.82. The van der Waals surface area contributed by atoms with Crippen LogP contribution in [-0.4, -0.2) is 48.1 Å². The lowest BCUT2D eigenvalue weighted by atomic mass is 10.0. The molecule has 1 fully saturated rings. The quantitative estimate of drug-likeness (QED) is 0.787. The van der Waals surface area contributed by atoms with Gasteiger partial charge in [-0.05, 0) is 51.2 Å². The fourth-order valence-electron chi connectivity index (χ4n) is 3.25. The second-order valence-corrected chi connectivity index (χ2v) is 7.33. The lowest BCUT2D eigenvalue weighted by molar-refractivity contribution is -0.137. The monoisotopic (exact) mass is 414 g/mol. The normalized spacial score (nSPS) is 16.2. The summed E-state index contributed by atoms with van der Waals surface area (Å²) < 4.78 is 39.0. The molecule has 1 saturated heterocycles. The van der Waals surface area contributed by atoms with Crippen molar-refractivity contribution in [3.05, 3.63) is 35.1 Å². The number of halogens is 4. The van der Waals surface area contributed by atoms with Gasteiger partial charge in [-0.1, -0.05) is 11.6 Å². The maximum absolute atomic E-state index is 13.0. The lowest BCUT2D eigenvalue weighted by Crippen LogP contribution is -2.42. The fraction of sp³-hybridized carbons (Fsp3) is 0.444. The fourth-order valence-corrected chi connectivity index (χ4v) is 3.41. The molecule has 3 rings (SSSR count). The van der Waals surface area contributed by atoms with Crippen molar-refractivity contribution in [2.24, 2.45) is 0 Å². The Kier molecular flexibility index (Phi) is 5.85. The Morgan fingerprint density at radius 3 is 2.57 bits per heavy atom. The van der Waals surface area contributed by atoms with Gasteiger partial charge >= 0.3 is 6.18 Å². The highest BCUT2D eigenvalue weighted by atomic mass is 35.5. The number of alkyl halides is 3. The van der Waals surface area contributed by atoms with Crippen molar-refractivity contribution >= 4 is 34.6 Å². The predicted octanol–water partition coefficient (Wildman–Crippen LogP) is 4.01.